The van der Waals surface area contributed by atoms with Crippen molar-refractivity contribution >= 4 is 5.91 Å². The molecule has 0 saturated carbocycles. The molecule has 0 unspecified atom stereocenters. The Bertz CT molecular complexity index is 1210. The molecular weight excluding hydrogens is 420 g/mol. The summed E-state index contributed by atoms with van der Waals surface area (Å²) >= 11 is 0. The van der Waals surface area contributed by atoms with E-state index >= 15 is 0 Å². The van der Waals surface area contributed by atoms with Crippen LogP contribution in [0.2, 0.25) is 0 Å². The summed E-state index contributed by atoms with van der Waals surface area (Å²) in [6, 6.07) is 17.3. The highest BCUT2D eigenvalue weighted by Crippen LogP contribution is 2.20. The predicted octanol–water partition coefficient (Wildman–Crippen LogP) is 2.89. The van der Waals surface area contributed by atoms with Crippen LogP contribution in [0.3, 0.4) is 0 Å². The van der Waals surface area contributed by atoms with Crippen LogP contribution in [0.5, 0.6) is 5.75 Å². The third-order valence-electron chi connectivity index (χ3n) is 5.73. The van der Waals surface area contributed by atoms with Crippen LogP contribution in [0.25, 0.3) is 17.1 Å². The average Bonchev–Trinajstić information content (AvgIpc) is 3.55. The quantitative estimate of drug-likeness (QED) is 0.452. The van der Waals surface area contributed by atoms with Crippen molar-refractivity contribution in [1.29, 1.82) is 0 Å². The number of hydrogen-bond acceptors (Lipinski definition) is 7. The smallest absolute Gasteiger partial charge is 0.272 e. The predicted molar refractivity (Wildman–Crippen MR) is 121 cm³/mol. The Balaban J connectivity index is 1.19. The summed E-state index contributed by atoms with van der Waals surface area (Å²) in [4.78, 5) is 25.9. The minimum Gasteiger partial charge on any atom is -0.497 e. The molecule has 0 N–H and O–H groups in total. The lowest BCUT2D eigenvalue weighted by molar-refractivity contribution is 0.0607. The number of imidazole rings is 1. The van der Waals surface area contributed by atoms with Gasteiger partial charge in [0.05, 0.1) is 26.2 Å². The maximum atomic E-state index is 13.1. The van der Waals surface area contributed by atoms with Gasteiger partial charge in [0.2, 0.25) is 11.7 Å². The zero-order valence-corrected chi connectivity index (χ0v) is 18.3. The molecule has 9 nitrogen and oxygen atoms in total. The third kappa shape index (κ3) is 4.49. The normalized spacial score (nSPS) is 14.4. The monoisotopic (exact) mass is 444 g/mol. The maximum absolute atomic E-state index is 13.1. The van der Waals surface area contributed by atoms with Crippen molar-refractivity contribution in [3.05, 3.63) is 78.7 Å². The Hall–Kier alpha value is -3.98. The number of nitrogens with zero attached hydrogens (tertiary/aromatic N) is 6. The van der Waals surface area contributed by atoms with Crippen molar-refractivity contribution in [2.75, 3.05) is 33.3 Å². The molecule has 33 heavy (non-hydrogen) atoms. The number of ether oxygens (including phenoxy) is 1. The highest BCUT2D eigenvalue weighted by Gasteiger charge is 2.25. The molecule has 4 aromatic rings. The summed E-state index contributed by atoms with van der Waals surface area (Å²) < 4.78 is 12.5. The number of amides is 1. The van der Waals surface area contributed by atoms with Crippen molar-refractivity contribution in [3.8, 4) is 22.8 Å². The Morgan fingerprint density at radius 3 is 2.52 bits per heavy atom. The molecule has 1 amide bonds. The van der Waals surface area contributed by atoms with Gasteiger partial charge in [0.15, 0.2) is 0 Å². The summed E-state index contributed by atoms with van der Waals surface area (Å²) in [5, 5.41) is 4.10. The summed E-state index contributed by atoms with van der Waals surface area (Å²) in [6.07, 6.45) is 3.30. The van der Waals surface area contributed by atoms with E-state index < -0.39 is 0 Å². The fourth-order valence-electron chi connectivity index (χ4n) is 3.89. The van der Waals surface area contributed by atoms with Gasteiger partial charge in [0.25, 0.3) is 5.91 Å². The lowest BCUT2D eigenvalue weighted by Crippen LogP contribution is -2.48. The maximum Gasteiger partial charge on any atom is 0.272 e. The molecule has 3 heterocycles. The van der Waals surface area contributed by atoms with E-state index in [1.807, 2.05) is 64.1 Å². The fourth-order valence-corrected chi connectivity index (χ4v) is 3.89. The molecule has 0 atom stereocenters. The van der Waals surface area contributed by atoms with E-state index in [2.05, 4.69) is 20.0 Å². The zero-order chi connectivity index (χ0) is 22.6. The fraction of sp³-hybridized carbons (Fsp3) is 0.250. The first kappa shape index (κ1) is 20.9. The van der Waals surface area contributed by atoms with Gasteiger partial charge in [-0.2, -0.15) is 4.98 Å². The molecule has 2 aromatic carbocycles. The van der Waals surface area contributed by atoms with Crippen molar-refractivity contribution in [1.82, 2.24) is 29.5 Å². The van der Waals surface area contributed by atoms with Gasteiger partial charge in [-0.15, -0.1) is 0 Å². The molecule has 2 aromatic heterocycles. The number of rotatable bonds is 6. The molecule has 1 aliphatic heterocycles. The average molecular weight is 444 g/mol. The Kier molecular flexibility index (Phi) is 5.86. The van der Waals surface area contributed by atoms with Gasteiger partial charge in [0, 0.05) is 37.4 Å². The molecule has 1 aliphatic rings. The van der Waals surface area contributed by atoms with Gasteiger partial charge < -0.3 is 14.2 Å². The Morgan fingerprint density at radius 2 is 1.79 bits per heavy atom. The topological polar surface area (TPSA) is 89.5 Å². The van der Waals surface area contributed by atoms with E-state index in [0.717, 1.165) is 30.1 Å². The molecule has 0 bridgehead atoms. The first-order valence-electron chi connectivity index (χ1n) is 10.8. The number of piperazine rings is 1. The van der Waals surface area contributed by atoms with Gasteiger partial charge >= 0.3 is 0 Å². The molecule has 0 radical (unpaired) electrons. The second kappa shape index (κ2) is 9.25. The molecule has 0 spiro atoms. The van der Waals surface area contributed by atoms with E-state index in [-0.39, 0.29) is 5.91 Å². The third-order valence-corrected chi connectivity index (χ3v) is 5.73. The molecule has 1 saturated heterocycles. The number of hydrogen-bond donors (Lipinski definition) is 0. The number of benzene rings is 2. The van der Waals surface area contributed by atoms with Gasteiger partial charge in [0.1, 0.15) is 11.4 Å². The minimum absolute atomic E-state index is 0.0180. The number of para-hydroxylation sites is 1. The van der Waals surface area contributed by atoms with Crippen molar-refractivity contribution in [3.63, 3.8) is 0 Å². The first-order chi connectivity index (χ1) is 16.2. The first-order valence-corrected chi connectivity index (χ1v) is 10.8. The standard InChI is InChI=1S/C24H24N6O3/c1-32-20-9-7-18(8-10-20)23-26-22(33-27-23)16-28-11-13-29(14-12-28)24(31)21-15-25-17-30(21)19-5-3-2-4-6-19/h2-10,15,17H,11-14,16H2,1H3. The second-order valence-electron chi connectivity index (χ2n) is 7.79. The van der Waals surface area contributed by atoms with Crippen LogP contribution in [0.1, 0.15) is 16.4 Å². The molecule has 9 heteroatoms. The van der Waals surface area contributed by atoms with Crippen molar-refractivity contribution in [2.45, 2.75) is 6.54 Å². The van der Waals surface area contributed by atoms with E-state index in [1.165, 1.54) is 0 Å². The van der Waals surface area contributed by atoms with E-state index in [4.69, 9.17) is 9.26 Å². The lowest BCUT2D eigenvalue weighted by atomic mass is 10.2. The van der Waals surface area contributed by atoms with Crippen LogP contribution in [0.4, 0.5) is 0 Å². The van der Waals surface area contributed by atoms with Crippen LogP contribution in [-0.2, 0) is 6.54 Å². The Labute approximate surface area is 191 Å². The van der Waals surface area contributed by atoms with Crippen molar-refractivity contribution in [2.24, 2.45) is 0 Å². The van der Waals surface area contributed by atoms with E-state index in [0.29, 0.717) is 37.0 Å². The van der Waals surface area contributed by atoms with Gasteiger partial charge in [-0.1, -0.05) is 23.4 Å². The van der Waals surface area contributed by atoms with Crippen molar-refractivity contribution < 1.29 is 14.1 Å². The lowest BCUT2D eigenvalue weighted by Gasteiger charge is -2.34. The number of aromatic nitrogens is 4. The molecule has 0 aliphatic carbocycles. The summed E-state index contributed by atoms with van der Waals surface area (Å²) in [6.45, 7) is 3.25. The SMILES string of the molecule is COc1ccc(-c2noc(CN3CCN(C(=O)c4cncn4-c4ccccc4)CC3)n2)cc1. The highest BCUT2D eigenvalue weighted by molar-refractivity contribution is 5.93. The second-order valence-corrected chi connectivity index (χ2v) is 7.79. The summed E-state index contributed by atoms with van der Waals surface area (Å²) in [5.74, 6) is 1.87. The van der Waals surface area contributed by atoms with Crippen LogP contribution in [0.15, 0.2) is 71.6 Å². The van der Waals surface area contributed by atoms with Gasteiger partial charge in [-0.3, -0.25) is 14.3 Å². The van der Waals surface area contributed by atoms with Gasteiger partial charge in [-0.05, 0) is 36.4 Å². The highest BCUT2D eigenvalue weighted by atomic mass is 16.5. The minimum atomic E-state index is -0.0180. The van der Waals surface area contributed by atoms with Crippen LogP contribution >= 0.6 is 0 Å². The molecule has 168 valence electrons. The number of carbonyl (C=O) groups excluding carboxylic acids is 1. The number of methoxy groups -OCH3 is 1. The number of carbonyl (C=O) groups is 1. The van der Waals surface area contributed by atoms with E-state index in [9.17, 15) is 4.79 Å². The molecule has 1 fully saturated rings. The Morgan fingerprint density at radius 1 is 1.03 bits per heavy atom. The summed E-state index contributed by atoms with van der Waals surface area (Å²) in [7, 11) is 1.63. The molecule has 5 rings (SSSR count). The van der Waals surface area contributed by atoms with E-state index in [1.54, 1.807) is 19.6 Å². The van der Waals surface area contributed by atoms with Crippen LogP contribution < -0.4 is 4.74 Å². The van der Waals surface area contributed by atoms with Crippen LogP contribution in [0, 0.1) is 0 Å². The zero-order valence-electron chi connectivity index (χ0n) is 18.3. The summed E-state index contributed by atoms with van der Waals surface area (Å²) in [5.41, 5.74) is 2.35. The van der Waals surface area contributed by atoms with Crippen LogP contribution in [-0.4, -0.2) is 68.7 Å². The largest absolute Gasteiger partial charge is 0.497 e. The van der Waals surface area contributed by atoms with Gasteiger partial charge in [-0.25, -0.2) is 4.98 Å². The molecular formula is C24H24N6O3.